The summed E-state index contributed by atoms with van der Waals surface area (Å²) in [7, 11) is 0. The molecule has 0 unspecified atom stereocenters. The molecule has 5 nitrogen and oxygen atoms in total. The quantitative estimate of drug-likeness (QED) is 0.786. The molecule has 8 heteroatoms. The van der Waals surface area contributed by atoms with Crippen LogP contribution in [-0.2, 0) is 6.18 Å². The first-order valence-electron chi connectivity index (χ1n) is 6.79. The summed E-state index contributed by atoms with van der Waals surface area (Å²) in [5.74, 6) is -0.162. The second kappa shape index (κ2) is 6.15. The highest BCUT2D eigenvalue weighted by molar-refractivity contribution is 6.04. The summed E-state index contributed by atoms with van der Waals surface area (Å²) in [6, 6.07) is 10.6. The molecular formula is C16H10F3N3O2. The van der Waals surface area contributed by atoms with E-state index in [1.54, 1.807) is 24.3 Å². The van der Waals surface area contributed by atoms with Crippen molar-refractivity contribution in [1.82, 2.24) is 10.2 Å². The van der Waals surface area contributed by atoms with E-state index in [4.69, 9.17) is 4.42 Å². The maximum Gasteiger partial charge on any atom is 0.416 e. The Balaban J connectivity index is 1.70. The van der Waals surface area contributed by atoms with Crippen molar-refractivity contribution < 1.29 is 22.4 Å². The van der Waals surface area contributed by atoms with Crippen molar-refractivity contribution in [2.45, 2.75) is 6.18 Å². The molecule has 3 rings (SSSR count). The van der Waals surface area contributed by atoms with Crippen molar-refractivity contribution >= 4 is 11.6 Å². The van der Waals surface area contributed by atoms with E-state index >= 15 is 0 Å². The lowest BCUT2D eigenvalue weighted by molar-refractivity contribution is -0.137. The van der Waals surface area contributed by atoms with E-state index in [0.29, 0.717) is 17.1 Å². The standard InChI is InChI=1S/C16H10F3N3O2/c17-16(18,19)12-5-1-10(2-6-12)14(23)21-13-7-3-11(4-8-13)15-22-20-9-24-15/h1-9H,(H,21,23). The van der Waals surface area contributed by atoms with E-state index in [2.05, 4.69) is 15.5 Å². The van der Waals surface area contributed by atoms with Gasteiger partial charge in [-0.2, -0.15) is 13.2 Å². The summed E-state index contributed by atoms with van der Waals surface area (Å²) in [6.07, 6.45) is -3.23. The normalized spacial score (nSPS) is 11.3. The number of carbonyl (C=O) groups is 1. The van der Waals surface area contributed by atoms with Crippen molar-refractivity contribution in [1.29, 1.82) is 0 Å². The largest absolute Gasteiger partial charge is 0.423 e. The minimum Gasteiger partial charge on any atom is -0.423 e. The molecule has 1 aromatic heterocycles. The number of anilines is 1. The second-order valence-electron chi connectivity index (χ2n) is 4.85. The van der Waals surface area contributed by atoms with E-state index in [0.717, 1.165) is 24.3 Å². The molecule has 3 aromatic rings. The molecular weight excluding hydrogens is 323 g/mol. The van der Waals surface area contributed by atoms with Crippen LogP contribution in [0.3, 0.4) is 0 Å². The molecule has 0 spiro atoms. The number of aromatic nitrogens is 2. The van der Waals surface area contributed by atoms with Crippen molar-refractivity contribution in [3.63, 3.8) is 0 Å². The van der Waals surface area contributed by atoms with E-state index in [-0.39, 0.29) is 5.56 Å². The first kappa shape index (κ1) is 15.7. The third-order valence-corrected chi connectivity index (χ3v) is 3.22. The Hall–Kier alpha value is -3.16. The highest BCUT2D eigenvalue weighted by atomic mass is 19.4. The molecule has 0 aliphatic rings. The van der Waals surface area contributed by atoms with Gasteiger partial charge in [0.25, 0.3) is 5.91 Å². The van der Waals surface area contributed by atoms with E-state index in [9.17, 15) is 18.0 Å². The number of amides is 1. The van der Waals surface area contributed by atoms with Crippen LogP contribution in [0.2, 0.25) is 0 Å². The van der Waals surface area contributed by atoms with Crippen LogP contribution < -0.4 is 5.32 Å². The molecule has 0 radical (unpaired) electrons. The maximum absolute atomic E-state index is 12.5. The van der Waals surface area contributed by atoms with Crippen LogP contribution in [0, 0.1) is 0 Å². The molecule has 0 saturated heterocycles. The number of carbonyl (C=O) groups excluding carboxylic acids is 1. The van der Waals surface area contributed by atoms with Gasteiger partial charge in [-0.15, -0.1) is 10.2 Å². The second-order valence-corrected chi connectivity index (χ2v) is 4.85. The lowest BCUT2D eigenvalue weighted by Crippen LogP contribution is -2.12. The molecule has 0 fully saturated rings. The molecule has 1 heterocycles. The number of rotatable bonds is 3. The lowest BCUT2D eigenvalue weighted by Gasteiger charge is -2.08. The summed E-state index contributed by atoms with van der Waals surface area (Å²) >= 11 is 0. The molecule has 0 saturated carbocycles. The van der Waals surface area contributed by atoms with Crippen LogP contribution in [0.15, 0.2) is 59.3 Å². The van der Waals surface area contributed by atoms with Crippen molar-refractivity contribution in [3.05, 3.63) is 66.1 Å². The number of hydrogen-bond acceptors (Lipinski definition) is 4. The Morgan fingerprint density at radius 2 is 1.67 bits per heavy atom. The summed E-state index contributed by atoms with van der Waals surface area (Å²) in [5.41, 5.74) is 0.495. The molecule has 0 atom stereocenters. The van der Waals surface area contributed by atoms with Gasteiger partial charge >= 0.3 is 6.18 Å². The van der Waals surface area contributed by atoms with Gasteiger partial charge in [-0.05, 0) is 48.5 Å². The van der Waals surface area contributed by atoms with Gasteiger partial charge in [-0.3, -0.25) is 4.79 Å². The predicted octanol–water partition coefficient (Wildman–Crippen LogP) is 4.01. The van der Waals surface area contributed by atoms with Crippen LogP contribution in [0.4, 0.5) is 18.9 Å². The van der Waals surface area contributed by atoms with Gasteiger partial charge in [0, 0.05) is 16.8 Å². The van der Waals surface area contributed by atoms with Crippen LogP contribution in [0.25, 0.3) is 11.5 Å². The van der Waals surface area contributed by atoms with Gasteiger partial charge in [-0.1, -0.05) is 0 Å². The molecule has 122 valence electrons. The summed E-state index contributed by atoms with van der Waals surface area (Å²) in [5, 5.41) is 9.93. The van der Waals surface area contributed by atoms with Crippen LogP contribution in [0.1, 0.15) is 15.9 Å². The predicted molar refractivity (Wildman–Crippen MR) is 79.1 cm³/mol. The molecule has 0 aliphatic carbocycles. The molecule has 0 aliphatic heterocycles. The molecule has 1 N–H and O–H groups in total. The monoisotopic (exact) mass is 333 g/mol. The van der Waals surface area contributed by atoms with Crippen molar-refractivity contribution in [2.75, 3.05) is 5.32 Å². The van der Waals surface area contributed by atoms with E-state index in [1.165, 1.54) is 6.39 Å². The van der Waals surface area contributed by atoms with E-state index < -0.39 is 17.6 Å². The number of nitrogens with one attached hydrogen (secondary N) is 1. The fraction of sp³-hybridized carbons (Fsp3) is 0.0625. The van der Waals surface area contributed by atoms with Gasteiger partial charge in [0.2, 0.25) is 12.3 Å². The van der Waals surface area contributed by atoms with Gasteiger partial charge in [-0.25, -0.2) is 0 Å². The molecule has 0 bridgehead atoms. The number of benzene rings is 2. The van der Waals surface area contributed by atoms with Crippen LogP contribution >= 0.6 is 0 Å². The third-order valence-electron chi connectivity index (χ3n) is 3.22. The van der Waals surface area contributed by atoms with Gasteiger partial charge < -0.3 is 9.73 Å². The number of halogens is 3. The lowest BCUT2D eigenvalue weighted by atomic mass is 10.1. The fourth-order valence-corrected chi connectivity index (χ4v) is 2.01. The van der Waals surface area contributed by atoms with Gasteiger partial charge in [0.1, 0.15) is 0 Å². The molecule has 1 amide bonds. The minimum absolute atomic E-state index is 0.129. The summed E-state index contributed by atoms with van der Waals surface area (Å²) < 4.78 is 42.6. The summed E-state index contributed by atoms with van der Waals surface area (Å²) in [4.78, 5) is 12.1. The Kier molecular flexibility index (Phi) is 4.03. The van der Waals surface area contributed by atoms with Crippen LogP contribution in [-0.4, -0.2) is 16.1 Å². The highest BCUT2D eigenvalue weighted by Crippen LogP contribution is 2.29. The Morgan fingerprint density at radius 1 is 1.00 bits per heavy atom. The maximum atomic E-state index is 12.5. The zero-order valence-corrected chi connectivity index (χ0v) is 12.0. The molecule has 24 heavy (non-hydrogen) atoms. The first-order valence-corrected chi connectivity index (χ1v) is 6.79. The van der Waals surface area contributed by atoms with Crippen molar-refractivity contribution in [2.24, 2.45) is 0 Å². The Morgan fingerprint density at radius 3 is 2.21 bits per heavy atom. The van der Waals surface area contributed by atoms with E-state index in [1.807, 2.05) is 0 Å². The fourth-order valence-electron chi connectivity index (χ4n) is 2.01. The SMILES string of the molecule is O=C(Nc1ccc(-c2nnco2)cc1)c1ccc(C(F)(F)F)cc1. The zero-order valence-electron chi connectivity index (χ0n) is 12.0. The topological polar surface area (TPSA) is 68.0 Å². The van der Waals surface area contributed by atoms with Gasteiger partial charge in [0.15, 0.2) is 0 Å². The average molecular weight is 333 g/mol. The highest BCUT2D eigenvalue weighted by Gasteiger charge is 2.30. The van der Waals surface area contributed by atoms with Gasteiger partial charge in [0.05, 0.1) is 5.56 Å². The zero-order chi connectivity index (χ0) is 17.2. The number of alkyl halides is 3. The minimum atomic E-state index is -4.43. The number of nitrogens with zero attached hydrogens (tertiary/aromatic N) is 2. The van der Waals surface area contributed by atoms with Crippen molar-refractivity contribution in [3.8, 4) is 11.5 Å². The first-order chi connectivity index (χ1) is 11.4. The van der Waals surface area contributed by atoms with Crippen LogP contribution in [0.5, 0.6) is 0 Å². The Labute approximate surface area is 134 Å². The summed E-state index contributed by atoms with van der Waals surface area (Å²) in [6.45, 7) is 0. The molecule has 2 aromatic carbocycles. The smallest absolute Gasteiger partial charge is 0.416 e. The Bertz CT molecular complexity index is 827. The number of hydrogen-bond donors (Lipinski definition) is 1. The third kappa shape index (κ3) is 3.43. The average Bonchev–Trinajstić information content (AvgIpc) is 3.09.